The molecule has 202 valence electrons. The number of hydrogen-bond acceptors (Lipinski definition) is 8. The summed E-state index contributed by atoms with van der Waals surface area (Å²) < 4.78 is 37.0. The molecule has 1 aliphatic rings. The van der Waals surface area contributed by atoms with Gasteiger partial charge in [-0.2, -0.15) is 5.10 Å². The van der Waals surface area contributed by atoms with Gasteiger partial charge in [-0.25, -0.2) is 18.1 Å². The summed E-state index contributed by atoms with van der Waals surface area (Å²) in [5.41, 5.74) is 3.40. The van der Waals surface area contributed by atoms with E-state index in [2.05, 4.69) is 10.4 Å². The lowest BCUT2D eigenvalue weighted by molar-refractivity contribution is 0.101. The van der Waals surface area contributed by atoms with E-state index in [1.54, 1.807) is 67.2 Å². The molecule has 1 aliphatic heterocycles. The number of pyridine rings is 1. The van der Waals surface area contributed by atoms with Crippen LogP contribution < -0.4 is 14.8 Å². The Kier molecular flexibility index (Phi) is 6.85. The predicted octanol–water partition coefficient (Wildman–Crippen LogP) is 4.24. The maximum Gasteiger partial charge on any atom is 0.256 e. The molecule has 11 heteroatoms. The summed E-state index contributed by atoms with van der Waals surface area (Å²) in [6.07, 6.45) is 0.417. The Labute approximate surface area is 225 Å². The molecule has 0 radical (unpaired) electrons. The number of aromatic nitrogens is 3. The first kappa shape index (κ1) is 26.4. The number of benzene rings is 2. The van der Waals surface area contributed by atoms with Crippen molar-refractivity contribution in [3.8, 4) is 22.8 Å². The second-order valence-electron chi connectivity index (χ2n) is 9.50. The van der Waals surface area contributed by atoms with Crippen molar-refractivity contribution >= 4 is 38.2 Å². The smallest absolute Gasteiger partial charge is 0.256 e. The van der Waals surface area contributed by atoms with Crippen LogP contribution in [-0.2, 0) is 9.84 Å². The van der Waals surface area contributed by atoms with E-state index in [1.807, 2.05) is 0 Å². The van der Waals surface area contributed by atoms with Crippen LogP contribution in [0.15, 0.2) is 48.5 Å². The number of carbonyl (C=O) groups excluding carboxylic acids is 2. The molecule has 2 aromatic heterocycles. The first-order valence-electron chi connectivity index (χ1n) is 12.3. The number of nitrogens with zero attached hydrogens (tertiary/aromatic N) is 3. The van der Waals surface area contributed by atoms with Crippen LogP contribution in [-0.4, -0.2) is 60.6 Å². The Balaban J connectivity index is 1.68. The summed E-state index contributed by atoms with van der Waals surface area (Å²) in [7, 11) is -0.109. The number of ketones is 1. The van der Waals surface area contributed by atoms with Gasteiger partial charge < -0.3 is 14.8 Å². The molecule has 1 saturated heterocycles. The molecular formula is C28H28N4O6S. The summed E-state index contributed by atoms with van der Waals surface area (Å²) in [5.74, 6) is 0.555. The number of aryl methyl sites for hydroxylation is 1. The number of carbonyl (C=O) groups is 2. The zero-order valence-corrected chi connectivity index (χ0v) is 22.8. The lowest BCUT2D eigenvalue weighted by atomic mass is 10.0. The fraction of sp³-hybridized carbons (Fsp3) is 0.286. The maximum absolute atomic E-state index is 13.7. The highest BCUT2D eigenvalue weighted by molar-refractivity contribution is 7.91. The third kappa shape index (κ3) is 5.09. The van der Waals surface area contributed by atoms with Crippen molar-refractivity contribution in [3.05, 3.63) is 65.4 Å². The van der Waals surface area contributed by atoms with E-state index in [0.717, 1.165) is 0 Å². The third-order valence-electron chi connectivity index (χ3n) is 6.84. The minimum atomic E-state index is -3.19. The monoisotopic (exact) mass is 548 g/mol. The predicted molar refractivity (Wildman–Crippen MR) is 148 cm³/mol. The Bertz CT molecular complexity index is 1730. The summed E-state index contributed by atoms with van der Waals surface area (Å²) in [6, 6.07) is 13.3. The van der Waals surface area contributed by atoms with Gasteiger partial charge >= 0.3 is 0 Å². The molecule has 3 heterocycles. The zero-order valence-electron chi connectivity index (χ0n) is 22.0. The van der Waals surface area contributed by atoms with Gasteiger partial charge in [-0.15, -0.1) is 0 Å². The Morgan fingerprint density at radius 3 is 2.49 bits per heavy atom. The number of ether oxygens (including phenoxy) is 2. The molecule has 1 atom stereocenters. The molecule has 2 aromatic carbocycles. The molecule has 4 aromatic rings. The van der Waals surface area contributed by atoms with E-state index in [4.69, 9.17) is 14.5 Å². The topological polar surface area (TPSA) is 129 Å². The highest BCUT2D eigenvalue weighted by Crippen LogP contribution is 2.35. The van der Waals surface area contributed by atoms with E-state index >= 15 is 0 Å². The quantitative estimate of drug-likeness (QED) is 0.340. The second kappa shape index (κ2) is 10.1. The number of anilines is 1. The zero-order chi connectivity index (χ0) is 27.9. The lowest BCUT2D eigenvalue weighted by Gasteiger charge is -2.14. The summed E-state index contributed by atoms with van der Waals surface area (Å²) in [5, 5.41) is 8.06. The number of amides is 1. The molecule has 1 N–H and O–H groups in total. The van der Waals surface area contributed by atoms with Crippen molar-refractivity contribution in [1.82, 2.24) is 14.8 Å². The first-order chi connectivity index (χ1) is 18.6. The first-order valence-corrected chi connectivity index (χ1v) is 14.2. The van der Waals surface area contributed by atoms with Crippen molar-refractivity contribution in [1.29, 1.82) is 0 Å². The Morgan fingerprint density at radius 2 is 1.82 bits per heavy atom. The highest BCUT2D eigenvalue weighted by atomic mass is 32.2. The maximum atomic E-state index is 13.7. The molecule has 0 saturated carbocycles. The second-order valence-corrected chi connectivity index (χ2v) is 11.7. The van der Waals surface area contributed by atoms with Crippen molar-refractivity contribution in [3.63, 3.8) is 0 Å². The van der Waals surface area contributed by atoms with Crippen LogP contribution in [0.3, 0.4) is 0 Å². The van der Waals surface area contributed by atoms with Gasteiger partial charge in [-0.1, -0.05) is 12.1 Å². The van der Waals surface area contributed by atoms with Gasteiger partial charge in [0.15, 0.2) is 32.8 Å². The average molecular weight is 549 g/mol. The van der Waals surface area contributed by atoms with Gasteiger partial charge in [-0.3, -0.25) is 9.59 Å². The molecule has 10 nitrogen and oxygen atoms in total. The number of fused-ring (bicyclic) bond motifs is 1. The van der Waals surface area contributed by atoms with Crippen molar-refractivity contribution < 1.29 is 27.5 Å². The van der Waals surface area contributed by atoms with Gasteiger partial charge in [0, 0.05) is 16.8 Å². The fourth-order valence-corrected chi connectivity index (χ4v) is 6.56. The Morgan fingerprint density at radius 1 is 1.05 bits per heavy atom. The SMILES string of the molecule is COc1ccc(-c2cc(C(=O)Nc3cccc(C(C)=O)c3)c3c(C)nn(C4CCS(=O)(=O)C4)c3n2)cc1OC. The van der Waals surface area contributed by atoms with Gasteiger partial charge in [0.05, 0.1) is 54.1 Å². The Hall–Kier alpha value is -4.25. The fourth-order valence-electron chi connectivity index (χ4n) is 4.87. The number of Topliss-reactive ketones (excluding diaryl/α,β-unsaturated/α-hetero) is 1. The van der Waals surface area contributed by atoms with Crippen LogP contribution in [0.4, 0.5) is 5.69 Å². The number of rotatable bonds is 7. The molecule has 0 spiro atoms. The summed E-state index contributed by atoms with van der Waals surface area (Å²) in [4.78, 5) is 30.4. The minimum Gasteiger partial charge on any atom is -0.493 e. The third-order valence-corrected chi connectivity index (χ3v) is 8.59. The minimum absolute atomic E-state index is 0.0369. The van der Waals surface area contributed by atoms with Crippen LogP contribution in [0.1, 0.15) is 45.8 Å². The average Bonchev–Trinajstić information content (AvgIpc) is 3.46. The van der Waals surface area contributed by atoms with E-state index in [0.29, 0.717) is 62.7 Å². The normalized spacial score (nSPS) is 16.3. The molecular weight excluding hydrogens is 520 g/mol. The summed E-state index contributed by atoms with van der Waals surface area (Å²) >= 11 is 0. The van der Waals surface area contributed by atoms with Gasteiger partial charge in [-0.05, 0) is 56.7 Å². The number of methoxy groups -OCH3 is 2. The van der Waals surface area contributed by atoms with Crippen molar-refractivity contribution in [2.75, 3.05) is 31.0 Å². The number of sulfone groups is 1. The standard InChI is InChI=1S/C28H28N4O6S/c1-16-26-22(28(34)29-20-7-5-6-18(12-20)17(2)33)14-23(19-8-9-24(37-3)25(13-19)38-4)30-27(26)32(31-16)21-10-11-39(35,36)15-21/h5-9,12-14,21H,10-11,15H2,1-4H3,(H,29,34). The van der Waals surface area contributed by atoms with Crippen LogP contribution in [0.5, 0.6) is 11.5 Å². The van der Waals surface area contributed by atoms with E-state index < -0.39 is 15.7 Å². The van der Waals surface area contributed by atoms with Gasteiger partial charge in [0.1, 0.15) is 0 Å². The molecule has 1 unspecified atom stereocenters. The molecule has 0 bridgehead atoms. The van der Waals surface area contributed by atoms with E-state index in [1.165, 1.54) is 14.0 Å². The van der Waals surface area contributed by atoms with Crippen LogP contribution in [0.25, 0.3) is 22.3 Å². The van der Waals surface area contributed by atoms with E-state index in [-0.39, 0.29) is 23.3 Å². The number of hydrogen-bond donors (Lipinski definition) is 1. The van der Waals surface area contributed by atoms with E-state index in [9.17, 15) is 18.0 Å². The van der Waals surface area contributed by atoms with Crippen LogP contribution >= 0.6 is 0 Å². The highest BCUT2D eigenvalue weighted by Gasteiger charge is 2.32. The van der Waals surface area contributed by atoms with Crippen molar-refractivity contribution in [2.45, 2.75) is 26.3 Å². The van der Waals surface area contributed by atoms with Crippen molar-refractivity contribution in [2.24, 2.45) is 0 Å². The van der Waals surface area contributed by atoms with Gasteiger partial charge in [0.25, 0.3) is 5.91 Å². The summed E-state index contributed by atoms with van der Waals surface area (Å²) in [6.45, 7) is 3.23. The largest absolute Gasteiger partial charge is 0.493 e. The van der Waals surface area contributed by atoms with Crippen LogP contribution in [0, 0.1) is 6.92 Å². The lowest BCUT2D eigenvalue weighted by Crippen LogP contribution is -2.15. The molecule has 1 amide bonds. The number of nitrogens with one attached hydrogen (secondary N) is 1. The molecule has 39 heavy (non-hydrogen) atoms. The molecule has 1 fully saturated rings. The van der Waals surface area contributed by atoms with Gasteiger partial charge in [0.2, 0.25) is 0 Å². The molecule has 5 rings (SSSR count). The molecule has 0 aliphatic carbocycles. The van der Waals surface area contributed by atoms with Crippen LogP contribution in [0.2, 0.25) is 0 Å².